The molecule has 2 unspecified atom stereocenters. The Morgan fingerprint density at radius 2 is 1.62 bits per heavy atom. The molecule has 2 rings (SSSR count). The maximum absolute atomic E-state index is 10.2. The van der Waals surface area contributed by atoms with E-state index in [1.807, 2.05) is 42.5 Å². The largest absolute Gasteiger partial charge is 0.388 e. The summed E-state index contributed by atoms with van der Waals surface area (Å²) in [6.07, 6.45) is 0.783. The van der Waals surface area contributed by atoms with E-state index in [2.05, 4.69) is 12.1 Å². The summed E-state index contributed by atoms with van der Waals surface area (Å²) in [7, 11) is 1.66. The number of benzene rings is 2. The van der Waals surface area contributed by atoms with Gasteiger partial charge in [0.05, 0.1) is 6.10 Å². The smallest absolute Gasteiger partial charge is 0.0804 e. The molecule has 0 aromatic heterocycles. The number of aliphatic hydroxyl groups excluding tert-OH is 1. The minimum atomic E-state index is -0.526. The summed E-state index contributed by atoms with van der Waals surface area (Å²) in [6.45, 7) is 0.626. The Morgan fingerprint density at radius 3 is 2.24 bits per heavy atom. The van der Waals surface area contributed by atoms with Crippen molar-refractivity contribution in [3.05, 3.63) is 60.2 Å². The summed E-state index contributed by atoms with van der Waals surface area (Å²) in [4.78, 5) is 0. The zero-order valence-corrected chi connectivity index (χ0v) is 12.4. The highest BCUT2D eigenvalue weighted by Crippen LogP contribution is 2.24. The Balaban J connectivity index is 1.98. The standard InChI is InChI=1S/C18H23NO2/c1-21-12-11-17(19)13-18(20)16-9-7-15(8-10-16)14-5-3-2-4-6-14/h2-10,17-18,20H,11-13,19H2,1H3. The van der Waals surface area contributed by atoms with Crippen LogP contribution in [0.2, 0.25) is 0 Å². The maximum Gasteiger partial charge on any atom is 0.0804 e. The molecule has 0 heterocycles. The van der Waals surface area contributed by atoms with Gasteiger partial charge in [-0.05, 0) is 29.5 Å². The molecule has 3 nitrogen and oxygen atoms in total. The highest BCUT2D eigenvalue weighted by molar-refractivity contribution is 5.63. The molecule has 21 heavy (non-hydrogen) atoms. The molecule has 2 aromatic rings. The third-order valence-electron chi connectivity index (χ3n) is 3.62. The molecule has 2 aromatic carbocycles. The van der Waals surface area contributed by atoms with Gasteiger partial charge in [-0.3, -0.25) is 0 Å². The van der Waals surface area contributed by atoms with Crippen molar-refractivity contribution in [1.29, 1.82) is 0 Å². The van der Waals surface area contributed by atoms with Crippen LogP contribution in [0.1, 0.15) is 24.5 Å². The lowest BCUT2D eigenvalue weighted by molar-refractivity contribution is 0.141. The van der Waals surface area contributed by atoms with Crippen molar-refractivity contribution < 1.29 is 9.84 Å². The highest BCUT2D eigenvalue weighted by Gasteiger charge is 2.12. The van der Waals surface area contributed by atoms with E-state index in [1.165, 1.54) is 5.56 Å². The van der Waals surface area contributed by atoms with Crippen molar-refractivity contribution in [2.45, 2.75) is 25.0 Å². The van der Waals surface area contributed by atoms with E-state index in [4.69, 9.17) is 10.5 Å². The minimum absolute atomic E-state index is 0.0475. The SMILES string of the molecule is COCCC(N)CC(O)c1ccc(-c2ccccc2)cc1. The Bertz CT molecular complexity index is 525. The average Bonchev–Trinajstić information content (AvgIpc) is 2.54. The highest BCUT2D eigenvalue weighted by atomic mass is 16.5. The molecular formula is C18H23NO2. The van der Waals surface area contributed by atoms with Gasteiger partial charge in [0.1, 0.15) is 0 Å². The lowest BCUT2D eigenvalue weighted by Gasteiger charge is -2.17. The summed E-state index contributed by atoms with van der Waals surface area (Å²) < 4.78 is 5.00. The van der Waals surface area contributed by atoms with E-state index in [9.17, 15) is 5.11 Å². The molecule has 3 N–H and O–H groups in total. The zero-order valence-electron chi connectivity index (χ0n) is 12.4. The number of aliphatic hydroxyl groups is 1. The Hall–Kier alpha value is -1.68. The fraction of sp³-hybridized carbons (Fsp3) is 0.333. The fourth-order valence-electron chi connectivity index (χ4n) is 2.34. The van der Waals surface area contributed by atoms with E-state index >= 15 is 0 Å². The molecule has 0 aliphatic heterocycles. The molecule has 0 radical (unpaired) electrons. The number of nitrogens with two attached hydrogens (primary N) is 1. The van der Waals surface area contributed by atoms with Crippen LogP contribution >= 0.6 is 0 Å². The van der Waals surface area contributed by atoms with Crippen molar-refractivity contribution in [1.82, 2.24) is 0 Å². The van der Waals surface area contributed by atoms with Crippen LogP contribution in [0.3, 0.4) is 0 Å². The van der Waals surface area contributed by atoms with Crippen LogP contribution in [0.5, 0.6) is 0 Å². The Labute approximate surface area is 126 Å². The number of hydrogen-bond acceptors (Lipinski definition) is 3. The molecule has 0 fully saturated rings. The van der Waals surface area contributed by atoms with Gasteiger partial charge in [0.2, 0.25) is 0 Å². The normalized spacial score (nSPS) is 13.9. The van der Waals surface area contributed by atoms with Crippen molar-refractivity contribution in [3.8, 4) is 11.1 Å². The van der Waals surface area contributed by atoms with Gasteiger partial charge in [-0.1, -0.05) is 54.6 Å². The first-order valence-corrected chi connectivity index (χ1v) is 7.28. The fourth-order valence-corrected chi connectivity index (χ4v) is 2.34. The van der Waals surface area contributed by atoms with Gasteiger partial charge in [0.15, 0.2) is 0 Å². The van der Waals surface area contributed by atoms with Gasteiger partial charge < -0.3 is 15.6 Å². The van der Waals surface area contributed by atoms with Crippen LogP contribution in [0.25, 0.3) is 11.1 Å². The summed E-state index contributed by atoms with van der Waals surface area (Å²) in [5.41, 5.74) is 9.21. The molecular weight excluding hydrogens is 262 g/mol. The van der Waals surface area contributed by atoms with Gasteiger partial charge in [-0.15, -0.1) is 0 Å². The first-order chi connectivity index (χ1) is 10.2. The molecule has 2 atom stereocenters. The molecule has 0 saturated carbocycles. The van der Waals surface area contributed by atoms with Crippen molar-refractivity contribution in [2.75, 3.05) is 13.7 Å². The first kappa shape index (κ1) is 15.7. The predicted molar refractivity (Wildman–Crippen MR) is 85.9 cm³/mol. The van der Waals surface area contributed by atoms with Gasteiger partial charge in [0.25, 0.3) is 0 Å². The summed E-state index contributed by atoms with van der Waals surface area (Å²) >= 11 is 0. The third kappa shape index (κ3) is 4.67. The Kier molecular flexibility index (Phi) is 5.93. The van der Waals surface area contributed by atoms with Crippen LogP contribution < -0.4 is 5.73 Å². The molecule has 112 valence electrons. The lowest BCUT2D eigenvalue weighted by Crippen LogP contribution is -2.24. The van der Waals surface area contributed by atoms with Crippen LogP contribution in [-0.2, 0) is 4.74 Å². The average molecular weight is 285 g/mol. The van der Waals surface area contributed by atoms with Crippen molar-refractivity contribution in [3.63, 3.8) is 0 Å². The zero-order chi connectivity index (χ0) is 15.1. The van der Waals surface area contributed by atoms with Crippen molar-refractivity contribution >= 4 is 0 Å². The van der Waals surface area contributed by atoms with E-state index < -0.39 is 6.10 Å². The summed E-state index contributed by atoms with van der Waals surface area (Å²) in [5.74, 6) is 0. The predicted octanol–water partition coefficient (Wildman–Crippen LogP) is 3.14. The molecule has 3 heteroatoms. The number of hydrogen-bond donors (Lipinski definition) is 2. The lowest BCUT2D eigenvalue weighted by atomic mass is 9.98. The number of ether oxygens (including phenoxy) is 1. The summed E-state index contributed by atoms with van der Waals surface area (Å²) in [6, 6.07) is 18.2. The van der Waals surface area contributed by atoms with E-state index in [0.717, 1.165) is 17.5 Å². The number of rotatable bonds is 7. The Morgan fingerprint density at radius 1 is 1.00 bits per heavy atom. The van der Waals surface area contributed by atoms with Gasteiger partial charge in [-0.25, -0.2) is 0 Å². The second-order valence-electron chi connectivity index (χ2n) is 5.28. The molecule has 0 aliphatic rings. The van der Waals surface area contributed by atoms with Gasteiger partial charge >= 0.3 is 0 Å². The molecule has 0 aliphatic carbocycles. The topological polar surface area (TPSA) is 55.5 Å². The number of methoxy groups -OCH3 is 1. The third-order valence-corrected chi connectivity index (χ3v) is 3.62. The molecule has 0 bridgehead atoms. The molecule has 0 saturated heterocycles. The van der Waals surface area contributed by atoms with Crippen LogP contribution in [0, 0.1) is 0 Å². The van der Waals surface area contributed by atoms with Crippen molar-refractivity contribution in [2.24, 2.45) is 5.73 Å². The summed E-state index contributed by atoms with van der Waals surface area (Å²) in [5, 5.41) is 10.2. The van der Waals surface area contributed by atoms with E-state index in [0.29, 0.717) is 13.0 Å². The second kappa shape index (κ2) is 7.93. The van der Waals surface area contributed by atoms with Crippen LogP contribution in [0.4, 0.5) is 0 Å². The minimum Gasteiger partial charge on any atom is -0.388 e. The van der Waals surface area contributed by atoms with E-state index in [1.54, 1.807) is 7.11 Å². The first-order valence-electron chi connectivity index (χ1n) is 7.28. The monoisotopic (exact) mass is 285 g/mol. The van der Waals surface area contributed by atoms with Gasteiger partial charge in [-0.2, -0.15) is 0 Å². The molecule has 0 amide bonds. The van der Waals surface area contributed by atoms with Gasteiger partial charge in [0, 0.05) is 19.8 Å². The van der Waals surface area contributed by atoms with Crippen LogP contribution in [0.15, 0.2) is 54.6 Å². The quantitative estimate of drug-likeness (QED) is 0.821. The maximum atomic E-state index is 10.2. The van der Waals surface area contributed by atoms with E-state index in [-0.39, 0.29) is 6.04 Å². The second-order valence-corrected chi connectivity index (χ2v) is 5.28. The van der Waals surface area contributed by atoms with Crippen LogP contribution in [-0.4, -0.2) is 24.9 Å². The molecule has 0 spiro atoms.